The van der Waals surface area contributed by atoms with Gasteiger partial charge in [0.1, 0.15) is 6.04 Å². The SMILES string of the molecule is CCCc1ccc([C@@H]([NH2+]CC(=O)NC(=O)OC)C(C)C)cc1. The van der Waals surface area contributed by atoms with Crippen molar-refractivity contribution in [3.8, 4) is 0 Å². The number of imide groups is 1. The smallest absolute Gasteiger partial charge is 0.413 e. The normalized spacial score (nSPS) is 12.0. The van der Waals surface area contributed by atoms with Crippen LogP contribution in [0.2, 0.25) is 0 Å². The molecule has 0 fully saturated rings. The molecule has 0 aliphatic carbocycles. The summed E-state index contributed by atoms with van der Waals surface area (Å²) in [4.78, 5) is 22.7. The van der Waals surface area contributed by atoms with Gasteiger partial charge in [-0.15, -0.1) is 0 Å². The number of alkyl carbamates (subject to hydrolysis) is 1. The first-order valence-corrected chi connectivity index (χ1v) is 7.77. The van der Waals surface area contributed by atoms with E-state index in [-0.39, 0.29) is 18.5 Å². The van der Waals surface area contributed by atoms with Crippen LogP contribution >= 0.6 is 0 Å². The van der Waals surface area contributed by atoms with E-state index < -0.39 is 6.09 Å². The van der Waals surface area contributed by atoms with Crippen LogP contribution in [0.15, 0.2) is 24.3 Å². The summed E-state index contributed by atoms with van der Waals surface area (Å²) < 4.78 is 4.41. The molecule has 0 radical (unpaired) electrons. The molecule has 0 saturated heterocycles. The second-order valence-corrected chi connectivity index (χ2v) is 5.74. The summed E-state index contributed by atoms with van der Waals surface area (Å²) in [5, 5.41) is 4.13. The Morgan fingerprint density at radius 2 is 1.86 bits per heavy atom. The highest BCUT2D eigenvalue weighted by Gasteiger charge is 2.21. The monoisotopic (exact) mass is 307 g/mol. The lowest BCUT2D eigenvalue weighted by atomic mass is 9.94. The Morgan fingerprint density at radius 1 is 1.23 bits per heavy atom. The predicted molar refractivity (Wildman–Crippen MR) is 85.4 cm³/mol. The first-order chi connectivity index (χ1) is 10.5. The van der Waals surface area contributed by atoms with Crippen molar-refractivity contribution in [3.63, 3.8) is 0 Å². The number of nitrogens with one attached hydrogen (secondary N) is 1. The summed E-state index contributed by atoms with van der Waals surface area (Å²) in [6.45, 7) is 6.60. The Balaban J connectivity index is 2.65. The highest BCUT2D eigenvalue weighted by Crippen LogP contribution is 2.18. The molecular weight excluding hydrogens is 280 g/mol. The van der Waals surface area contributed by atoms with Gasteiger partial charge in [0.15, 0.2) is 6.54 Å². The molecule has 0 bridgehead atoms. The van der Waals surface area contributed by atoms with E-state index in [1.807, 2.05) is 5.32 Å². The number of amides is 2. The summed E-state index contributed by atoms with van der Waals surface area (Å²) >= 11 is 0. The number of benzene rings is 1. The van der Waals surface area contributed by atoms with Crippen molar-refractivity contribution in [3.05, 3.63) is 35.4 Å². The van der Waals surface area contributed by atoms with Crippen molar-refractivity contribution in [1.82, 2.24) is 5.32 Å². The average Bonchev–Trinajstić information content (AvgIpc) is 2.48. The quantitative estimate of drug-likeness (QED) is 0.806. The summed E-state index contributed by atoms with van der Waals surface area (Å²) in [6, 6.07) is 8.74. The van der Waals surface area contributed by atoms with Gasteiger partial charge in [-0.2, -0.15) is 0 Å². The Hall–Kier alpha value is -1.88. The van der Waals surface area contributed by atoms with Crippen molar-refractivity contribution in [2.24, 2.45) is 5.92 Å². The van der Waals surface area contributed by atoms with Crippen LogP contribution in [0.1, 0.15) is 44.4 Å². The first kappa shape index (κ1) is 18.2. The molecule has 0 saturated carbocycles. The topological polar surface area (TPSA) is 72.0 Å². The minimum absolute atomic E-state index is 0.180. The Bertz CT molecular complexity index is 483. The lowest BCUT2D eigenvalue weighted by Crippen LogP contribution is -2.88. The Morgan fingerprint density at radius 3 is 2.36 bits per heavy atom. The van der Waals surface area contributed by atoms with Gasteiger partial charge in [-0.3, -0.25) is 10.1 Å². The molecule has 0 aliphatic heterocycles. The van der Waals surface area contributed by atoms with Crippen LogP contribution in [0.25, 0.3) is 0 Å². The van der Waals surface area contributed by atoms with E-state index >= 15 is 0 Å². The van der Waals surface area contributed by atoms with E-state index in [9.17, 15) is 9.59 Å². The lowest BCUT2D eigenvalue weighted by molar-refractivity contribution is -0.692. The fraction of sp³-hybridized carbons (Fsp3) is 0.529. The van der Waals surface area contributed by atoms with E-state index in [1.54, 1.807) is 0 Å². The van der Waals surface area contributed by atoms with Crippen molar-refractivity contribution in [1.29, 1.82) is 0 Å². The molecule has 0 aliphatic rings. The molecule has 5 heteroatoms. The number of ether oxygens (including phenoxy) is 1. The van der Waals surface area contributed by atoms with Crippen LogP contribution in [0.5, 0.6) is 0 Å². The van der Waals surface area contributed by atoms with E-state index in [2.05, 4.69) is 55.1 Å². The first-order valence-electron chi connectivity index (χ1n) is 7.77. The van der Waals surface area contributed by atoms with Crippen LogP contribution in [-0.4, -0.2) is 25.7 Å². The lowest BCUT2D eigenvalue weighted by Gasteiger charge is -2.19. The maximum absolute atomic E-state index is 11.7. The van der Waals surface area contributed by atoms with Crippen molar-refractivity contribution >= 4 is 12.0 Å². The molecular formula is C17H27N2O3+. The van der Waals surface area contributed by atoms with Gasteiger partial charge in [0.2, 0.25) is 0 Å². The van der Waals surface area contributed by atoms with Gasteiger partial charge in [-0.05, 0) is 12.0 Å². The predicted octanol–water partition coefficient (Wildman–Crippen LogP) is 1.78. The number of aryl methyl sites for hydroxylation is 1. The van der Waals surface area contributed by atoms with Gasteiger partial charge in [0.05, 0.1) is 7.11 Å². The Labute approximate surface area is 132 Å². The van der Waals surface area contributed by atoms with Gasteiger partial charge < -0.3 is 10.1 Å². The fourth-order valence-electron chi connectivity index (χ4n) is 2.44. The average molecular weight is 307 g/mol. The largest absolute Gasteiger partial charge is 0.453 e. The summed E-state index contributed by atoms with van der Waals surface area (Å²) in [5.41, 5.74) is 2.53. The van der Waals surface area contributed by atoms with Gasteiger partial charge in [-0.1, -0.05) is 51.5 Å². The molecule has 0 spiro atoms. The van der Waals surface area contributed by atoms with Gasteiger partial charge in [0.25, 0.3) is 5.91 Å². The summed E-state index contributed by atoms with van der Waals surface area (Å²) in [7, 11) is 1.24. The molecule has 1 aromatic carbocycles. The molecule has 1 rings (SSSR count). The molecule has 1 atom stereocenters. The van der Waals surface area contributed by atoms with Gasteiger partial charge >= 0.3 is 6.09 Å². The van der Waals surface area contributed by atoms with Crippen molar-refractivity contribution in [2.75, 3.05) is 13.7 Å². The van der Waals surface area contributed by atoms with Crippen LogP contribution in [-0.2, 0) is 16.0 Å². The second-order valence-electron chi connectivity index (χ2n) is 5.74. The second kappa shape index (κ2) is 9.20. The molecule has 22 heavy (non-hydrogen) atoms. The third-order valence-electron chi connectivity index (χ3n) is 3.61. The number of carbonyl (C=O) groups excluding carboxylic acids is 2. The van der Waals surface area contributed by atoms with Crippen molar-refractivity contribution in [2.45, 2.75) is 39.7 Å². The van der Waals surface area contributed by atoms with Crippen molar-refractivity contribution < 1.29 is 19.6 Å². The number of methoxy groups -OCH3 is 1. The third kappa shape index (κ3) is 5.85. The molecule has 0 aromatic heterocycles. The van der Waals surface area contributed by atoms with Crippen LogP contribution in [0.4, 0.5) is 4.79 Å². The van der Waals surface area contributed by atoms with Crippen LogP contribution in [0.3, 0.4) is 0 Å². The van der Waals surface area contributed by atoms with Gasteiger partial charge in [0, 0.05) is 11.5 Å². The zero-order chi connectivity index (χ0) is 16.5. The molecule has 0 unspecified atom stereocenters. The Kier molecular flexibility index (Phi) is 7.60. The minimum atomic E-state index is -0.719. The standard InChI is InChI=1S/C17H26N2O3/c1-5-6-13-7-9-14(10-8-13)16(12(2)3)18-11-15(20)19-17(21)22-4/h7-10,12,16,18H,5-6,11H2,1-4H3,(H,19,20,21)/p+1/t16-/m0/s1. The number of quaternary nitrogens is 1. The van der Waals surface area contributed by atoms with Crippen LogP contribution in [0, 0.1) is 5.92 Å². The van der Waals surface area contributed by atoms with E-state index in [1.165, 1.54) is 18.2 Å². The summed E-state index contributed by atoms with van der Waals surface area (Å²) in [6.07, 6.45) is 1.49. The molecule has 2 amide bonds. The minimum Gasteiger partial charge on any atom is -0.453 e. The molecule has 122 valence electrons. The zero-order valence-corrected chi connectivity index (χ0v) is 13.9. The highest BCUT2D eigenvalue weighted by molar-refractivity contribution is 5.92. The number of hydrogen-bond donors (Lipinski definition) is 2. The van der Waals surface area contributed by atoms with Gasteiger partial charge in [-0.25, -0.2) is 4.79 Å². The van der Waals surface area contributed by atoms with E-state index in [4.69, 9.17) is 0 Å². The molecule has 1 aromatic rings. The highest BCUT2D eigenvalue weighted by atomic mass is 16.5. The number of carbonyl (C=O) groups is 2. The zero-order valence-electron chi connectivity index (χ0n) is 13.9. The van der Waals surface area contributed by atoms with E-state index in [0.29, 0.717) is 5.92 Å². The molecule has 0 heterocycles. The fourth-order valence-corrected chi connectivity index (χ4v) is 2.44. The molecule has 3 N–H and O–H groups in total. The van der Waals surface area contributed by atoms with E-state index in [0.717, 1.165) is 12.8 Å². The maximum atomic E-state index is 11.7. The van der Waals surface area contributed by atoms with Crippen LogP contribution < -0.4 is 10.6 Å². The third-order valence-corrected chi connectivity index (χ3v) is 3.61. The number of rotatable bonds is 7. The maximum Gasteiger partial charge on any atom is 0.413 e. The summed E-state index contributed by atoms with van der Waals surface area (Å²) in [5.74, 6) is 0.0306. The number of hydrogen-bond acceptors (Lipinski definition) is 3. The molecule has 5 nitrogen and oxygen atoms in total. The number of nitrogens with two attached hydrogens (primary N) is 1.